The van der Waals surface area contributed by atoms with E-state index in [2.05, 4.69) is 10.2 Å². The maximum Gasteiger partial charge on any atom is 0.317 e. The molecule has 1 N–H and O–H groups in total. The molecule has 1 heterocycles. The van der Waals surface area contributed by atoms with Crippen molar-refractivity contribution in [2.24, 2.45) is 0 Å². The number of hydrogen-bond donors (Lipinski definition) is 1. The quantitative estimate of drug-likeness (QED) is 0.860. The van der Waals surface area contributed by atoms with Crippen LogP contribution in [0.3, 0.4) is 0 Å². The minimum atomic E-state index is -0.434. The predicted molar refractivity (Wildman–Crippen MR) is 89.8 cm³/mol. The Labute approximate surface area is 142 Å². The maximum atomic E-state index is 13.8. The summed E-state index contributed by atoms with van der Waals surface area (Å²) in [6.07, 6.45) is 0. The van der Waals surface area contributed by atoms with Gasteiger partial charge in [0, 0.05) is 33.2 Å². The Balaban J connectivity index is 1.82. The van der Waals surface area contributed by atoms with Gasteiger partial charge in [-0.1, -0.05) is 6.07 Å². The lowest BCUT2D eigenvalue weighted by Gasteiger charge is -2.29. The van der Waals surface area contributed by atoms with Gasteiger partial charge >= 0.3 is 6.03 Å². The highest BCUT2D eigenvalue weighted by Gasteiger charge is 2.16. The summed E-state index contributed by atoms with van der Waals surface area (Å²) in [5.41, 5.74) is 0.697. The topological polar surface area (TPSA) is 54.0 Å². The highest BCUT2D eigenvalue weighted by molar-refractivity contribution is 5.74. The molecule has 24 heavy (non-hydrogen) atoms. The van der Waals surface area contributed by atoms with Crippen LogP contribution in [0.1, 0.15) is 18.5 Å². The van der Waals surface area contributed by atoms with Crippen molar-refractivity contribution in [3.63, 3.8) is 0 Å². The molecule has 6 nitrogen and oxygen atoms in total. The lowest BCUT2D eigenvalue weighted by Crippen LogP contribution is -2.45. The molecule has 0 radical (unpaired) electrons. The first kappa shape index (κ1) is 18.5. The Kier molecular flexibility index (Phi) is 6.81. The zero-order valence-electron chi connectivity index (χ0n) is 14.5. The average Bonchev–Trinajstić information content (AvgIpc) is 2.60. The number of ether oxygens (including phenoxy) is 2. The number of carbonyl (C=O) groups excluding carboxylic acids is 1. The molecule has 0 spiro atoms. The molecule has 0 saturated carbocycles. The van der Waals surface area contributed by atoms with E-state index in [1.165, 1.54) is 13.2 Å². The van der Waals surface area contributed by atoms with E-state index >= 15 is 0 Å². The molecule has 7 heteroatoms. The molecule has 1 aliphatic heterocycles. The molecule has 1 aromatic carbocycles. The molecule has 0 unspecified atom stereocenters. The number of carbonyl (C=O) groups is 1. The van der Waals surface area contributed by atoms with E-state index in [0.717, 1.165) is 32.8 Å². The van der Waals surface area contributed by atoms with Crippen molar-refractivity contribution >= 4 is 6.03 Å². The molecule has 134 valence electrons. The van der Waals surface area contributed by atoms with Crippen molar-refractivity contribution in [1.29, 1.82) is 0 Å². The number of rotatable bonds is 6. The van der Waals surface area contributed by atoms with E-state index in [-0.39, 0.29) is 17.8 Å². The molecule has 0 aromatic heterocycles. The van der Waals surface area contributed by atoms with Gasteiger partial charge in [-0.05, 0) is 24.6 Å². The van der Waals surface area contributed by atoms with Crippen LogP contribution < -0.4 is 10.1 Å². The van der Waals surface area contributed by atoms with Crippen LogP contribution in [0.2, 0.25) is 0 Å². The Bertz CT molecular complexity index is 550. The number of halogens is 1. The number of nitrogens with zero attached hydrogens (tertiary/aromatic N) is 2. The largest absolute Gasteiger partial charge is 0.494 e. The van der Waals surface area contributed by atoms with Crippen LogP contribution in [-0.4, -0.2) is 69.4 Å². The van der Waals surface area contributed by atoms with Crippen molar-refractivity contribution in [2.45, 2.75) is 13.0 Å². The first-order chi connectivity index (χ1) is 11.5. The third-order valence-electron chi connectivity index (χ3n) is 4.22. The second-order valence-corrected chi connectivity index (χ2v) is 5.94. The number of benzene rings is 1. The fraction of sp³-hybridized carbons (Fsp3) is 0.588. The average molecular weight is 339 g/mol. The van der Waals surface area contributed by atoms with Gasteiger partial charge in [-0.15, -0.1) is 0 Å². The minimum absolute atomic E-state index is 0.174. The van der Waals surface area contributed by atoms with Crippen LogP contribution in [-0.2, 0) is 4.74 Å². The summed E-state index contributed by atoms with van der Waals surface area (Å²) < 4.78 is 24.0. The molecular formula is C17H26FN3O3. The Morgan fingerprint density at radius 2 is 2.17 bits per heavy atom. The molecule has 0 aliphatic carbocycles. The number of urea groups is 1. The van der Waals surface area contributed by atoms with Gasteiger partial charge in [0.2, 0.25) is 0 Å². The molecule has 1 saturated heterocycles. The number of morpholine rings is 1. The van der Waals surface area contributed by atoms with E-state index in [1.54, 1.807) is 24.1 Å². The van der Waals surface area contributed by atoms with E-state index < -0.39 is 5.82 Å². The first-order valence-corrected chi connectivity index (χ1v) is 8.16. The zero-order valence-corrected chi connectivity index (χ0v) is 14.5. The van der Waals surface area contributed by atoms with Crippen LogP contribution in [0.5, 0.6) is 5.75 Å². The molecule has 1 aromatic rings. The van der Waals surface area contributed by atoms with E-state index in [9.17, 15) is 9.18 Å². The van der Waals surface area contributed by atoms with Gasteiger partial charge in [0.25, 0.3) is 0 Å². The monoisotopic (exact) mass is 339 g/mol. The lowest BCUT2D eigenvalue weighted by molar-refractivity contribution is 0.0357. The third-order valence-corrected chi connectivity index (χ3v) is 4.22. The maximum absolute atomic E-state index is 13.8. The smallest absolute Gasteiger partial charge is 0.317 e. The van der Waals surface area contributed by atoms with Crippen molar-refractivity contribution < 1.29 is 18.7 Å². The van der Waals surface area contributed by atoms with E-state index in [1.807, 2.05) is 6.92 Å². The standard InChI is InChI=1S/C17H26FN3O3/c1-13(14-4-5-16(23-3)15(18)12-14)19-17(22)20(2)6-7-21-8-10-24-11-9-21/h4-5,12-13H,6-11H2,1-3H3,(H,19,22)/t13-/m1/s1. The number of hydrogen-bond acceptors (Lipinski definition) is 4. The highest BCUT2D eigenvalue weighted by atomic mass is 19.1. The van der Waals surface area contributed by atoms with Gasteiger partial charge < -0.3 is 19.7 Å². The van der Waals surface area contributed by atoms with Crippen LogP contribution in [0.4, 0.5) is 9.18 Å². The summed E-state index contributed by atoms with van der Waals surface area (Å²) in [6, 6.07) is 4.24. The summed E-state index contributed by atoms with van der Waals surface area (Å²) in [7, 11) is 3.18. The van der Waals surface area contributed by atoms with E-state index in [4.69, 9.17) is 9.47 Å². The fourth-order valence-electron chi connectivity index (χ4n) is 2.55. The van der Waals surface area contributed by atoms with Gasteiger partial charge in [0.1, 0.15) is 0 Å². The first-order valence-electron chi connectivity index (χ1n) is 8.16. The van der Waals surface area contributed by atoms with Gasteiger partial charge in [0.05, 0.1) is 26.4 Å². The number of methoxy groups -OCH3 is 1. The summed E-state index contributed by atoms with van der Waals surface area (Å²) in [5.74, 6) is -0.239. The van der Waals surface area contributed by atoms with Crippen molar-refractivity contribution in [1.82, 2.24) is 15.1 Å². The molecule has 1 aliphatic rings. The second-order valence-electron chi connectivity index (χ2n) is 5.94. The summed E-state index contributed by atoms with van der Waals surface area (Å²) in [5, 5.41) is 2.88. The van der Waals surface area contributed by atoms with Gasteiger partial charge in [0.15, 0.2) is 11.6 Å². The normalized spacial score (nSPS) is 16.5. The van der Waals surface area contributed by atoms with Gasteiger partial charge in [-0.3, -0.25) is 4.90 Å². The molecule has 2 amide bonds. The number of amides is 2. The third kappa shape index (κ3) is 5.07. The van der Waals surface area contributed by atoms with E-state index in [0.29, 0.717) is 12.1 Å². The Morgan fingerprint density at radius 1 is 1.46 bits per heavy atom. The molecule has 2 rings (SSSR count). The van der Waals surface area contributed by atoms with Crippen LogP contribution in [0, 0.1) is 5.82 Å². The summed E-state index contributed by atoms with van der Waals surface area (Å²) in [6.45, 7) is 6.57. The molecule has 1 atom stereocenters. The predicted octanol–water partition coefficient (Wildman–Crippen LogP) is 1.87. The molecule has 0 bridgehead atoms. The molecular weight excluding hydrogens is 313 g/mol. The summed E-state index contributed by atoms with van der Waals surface area (Å²) >= 11 is 0. The number of nitrogens with one attached hydrogen (secondary N) is 1. The molecule has 1 fully saturated rings. The second kappa shape index (κ2) is 8.84. The van der Waals surface area contributed by atoms with Crippen LogP contribution in [0.25, 0.3) is 0 Å². The van der Waals surface area contributed by atoms with Crippen LogP contribution >= 0.6 is 0 Å². The van der Waals surface area contributed by atoms with Crippen molar-refractivity contribution in [2.75, 3.05) is 53.6 Å². The lowest BCUT2D eigenvalue weighted by atomic mass is 10.1. The van der Waals surface area contributed by atoms with Crippen LogP contribution in [0.15, 0.2) is 18.2 Å². The van der Waals surface area contributed by atoms with Crippen molar-refractivity contribution in [3.8, 4) is 5.75 Å². The Hall–Kier alpha value is -1.86. The Morgan fingerprint density at radius 3 is 2.79 bits per heavy atom. The number of likely N-dealkylation sites (N-methyl/N-ethyl adjacent to an activating group) is 1. The highest BCUT2D eigenvalue weighted by Crippen LogP contribution is 2.21. The van der Waals surface area contributed by atoms with Crippen molar-refractivity contribution in [3.05, 3.63) is 29.6 Å². The zero-order chi connectivity index (χ0) is 17.5. The minimum Gasteiger partial charge on any atom is -0.494 e. The SMILES string of the molecule is COc1ccc([C@@H](C)NC(=O)N(C)CCN2CCOCC2)cc1F. The fourth-order valence-corrected chi connectivity index (χ4v) is 2.55. The van der Waals surface area contributed by atoms with Gasteiger partial charge in [-0.2, -0.15) is 0 Å². The van der Waals surface area contributed by atoms with Gasteiger partial charge in [-0.25, -0.2) is 9.18 Å². The summed E-state index contributed by atoms with van der Waals surface area (Å²) in [4.78, 5) is 16.2.